The summed E-state index contributed by atoms with van der Waals surface area (Å²) in [7, 11) is 0. The molecule has 0 fully saturated rings. The first-order valence-electron chi connectivity index (χ1n) is 6.37. The van der Waals surface area contributed by atoms with Crippen LogP contribution in [0.1, 0.15) is 38.8 Å². The van der Waals surface area contributed by atoms with E-state index < -0.39 is 0 Å². The van der Waals surface area contributed by atoms with Crippen LogP contribution in [0.3, 0.4) is 0 Å². The van der Waals surface area contributed by atoms with Crippen LogP contribution in [0.2, 0.25) is 0 Å². The minimum Gasteiger partial charge on any atom is -0.500 e. The van der Waals surface area contributed by atoms with E-state index in [2.05, 4.69) is 39.0 Å². The van der Waals surface area contributed by atoms with E-state index in [0.717, 1.165) is 16.3 Å². The maximum absolute atomic E-state index is 8.98. The molecule has 0 aliphatic heterocycles. The SMILES string of the molecule is C[C-]=C(C)C(C)(C)c1[c-]ccc2cc(C#N)ccc12.[CH3-].[Ni+3]. The molecule has 0 saturated heterocycles. The molecule has 2 heteroatoms. The first-order chi connectivity index (χ1) is 9.00. The third-order valence-corrected chi connectivity index (χ3v) is 3.88. The Morgan fingerprint density at radius 1 is 1.29 bits per heavy atom. The summed E-state index contributed by atoms with van der Waals surface area (Å²) in [5.74, 6) is 0. The molecule has 0 aliphatic carbocycles. The molecule has 0 unspecified atom stereocenters. The quantitative estimate of drug-likeness (QED) is 0.564. The van der Waals surface area contributed by atoms with Gasteiger partial charge < -0.3 is 13.5 Å². The summed E-state index contributed by atoms with van der Waals surface area (Å²) in [5, 5.41) is 11.2. The summed E-state index contributed by atoms with van der Waals surface area (Å²) in [4.78, 5) is 0. The standard InChI is InChI=1S/C18H17N.CH3.Ni/c1-5-13(2)18(3,4)17-8-6-7-15-11-14(12-19)9-10-16(15)17;;/h6-7,9-11H,1-4H3;1H3;/q-2;-1;+3. The minimum atomic E-state index is -0.109. The number of allylic oxidation sites excluding steroid dienone is 2. The van der Waals surface area contributed by atoms with Gasteiger partial charge in [0, 0.05) is 5.56 Å². The van der Waals surface area contributed by atoms with Gasteiger partial charge in [-0.1, -0.05) is 32.9 Å². The van der Waals surface area contributed by atoms with Gasteiger partial charge in [0.15, 0.2) is 0 Å². The van der Waals surface area contributed by atoms with E-state index in [9.17, 15) is 0 Å². The van der Waals surface area contributed by atoms with E-state index in [-0.39, 0.29) is 29.3 Å². The van der Waals surface area contributed by atoms with Crippen molar-refractivity contribution in [1.29, 1.82) is 5.26 Å². The zero-order valence-electron chi connectivity index (χ0n) is 13.2. The number of nitriles is 1. The van der Waals surface area contributed by atoms with E-state index >= 15 is 0 Å². The molecular weight excluding hydrogens is 301 g/mol. The molecule has 0 spiro atoms. The summed E-state index contributed by atoms with van der Waals surface area (Å²) in [6.45, 7) is 8.40. The fourth-order valence-electron chi connectivity index (χ4n) is 2.31. The maximum atomic E-state index is 8.98. The van der Waals surface area contributed by atoms with E-state index in [0.29, 0.717) is 5.56 Å². The summed E-state index contributed by atoms with van der Waals surface area (Å²) in [6, 6.07) is 15.3. The Hall–Kier alpha value is -1.58. The Morgan fingerprint density at radius 2 is 1.95 bits per heavy atom. The average molecular weight is 321 g/mol. The minimum absolute atomic E-state index is 0. The van der Waals surface area contributed by atoms with Gasteiger partial charge in [-0.2, -0.15) is 30.4 Å². The normalized spacial score (nSPS) is 11.3. The first-order valence-corrected chi connectivity index (χ1v) is 6.37. The Morgan fingerprint density at radius 3 is 2.52 bits per heavy atom. The smallest absolute Gasteiger partial charge is 0.500 e. The molecule has 0 atom stereocenters. The molecule has 2 rings (SSSR count). The maximum Gasteiger partial charge on any atom is 3.00 e. The second-order valence-corrected chi connectivity index (χ2v) is 5.27. The summed E-state index contributed by atoms with van der Waals surface area (Å²) in [6.07, 6.45) is 3.24. The summed E-state index contributed by atoms with van der Waals surface area (Å²) in [5.41, 5.74) is 2.93. The zero-order chi connectivity index (χ0) is 14.0. The molecule has 0 bridgehead atoms. The van der Waals surface area contributed by atoms with Gasteiger partial charge in [0.2, 0.25) is 0 Å². The fourth-order valence-corrected chi connectivity index (χ4v) is 2.31. The van der Waals surface area contributed by atoms with Crippen molar-refractivity contribution in [3.05, 3.63) is 66.6 Å². The number of fused-ring (bicyclic) bond motifs is 1. The van der Waals surface area contributed by atoms with Gasteiger partial charge in [-0.3, -0.25) is 5.57 Å². The van der Waals surface area contributed by atoms with Crippen molar-refractivity contribution in [3.8, 4) is 6.07 Å². The van der Waals surface area contributed by atoms with Crippen LogP contribution in [-0.2, 0) is 21.9 Å². The van der Waals surface area contributed by atoms with Crippen LogP contribution < -0.4 is 0 Å². The molecule has 111 valence electrons. The Labute approximate surface area is 138 Å². The van der Waals surface area contributed by atoms with Crippen molar-refractivity contribution in [2.45, 2.75) is 33.1 Å². The van der Waals surface area contributed by atoms with Gasteiger partial charge in [-0.25, -0.2) is 0 Å². The second kappa shape index (κ2) is 7.44. The van der Waals surface area contributed by atoms with Gasteiger partial charge in [-0.15, -0.1) is 22.4 Å². The van der Waals surface area contributed by atoms with Gasteiger partial charge >= 0.3 is 16.5 Å². The van der Waals surface area contributed by atoms with Crippen LogP contribution in [0.15, 0.2) is 35.9 Å². The summed E-state index contributed by atoms with van der Waals surface area (Å²) < 4.78 is 0. The molecular formula is C19H20NNi. The number of hydrogen-bond acceptors (Lipinski definition) is 1. The van der Waals surface area contributed by atoms with Crippen LogP contribution >= 0.6 is 0 Å². The molecule has 0 saturated carbocycles. The molecule has 1 nitrogen and oxygen atoms in total. The van der Waals surface area contributed by atoms with Crippen molar-refractivity contribution in [2.24, 2.45) is 0 Å². The third kappa shape index (κ3) is 3.55. The molecule has 0 aromatic heterocycles. The van der Waals surface area contributed by atoms with Gasteiger partial charge in [0.25, 0.3) is 0 Å². The predicted octanol–water partition coefficient (Wildman–Crippen LogP) is 5.01. The largest absolute Gasteiger partial charge is 3.00 e. The topological polar surface area (TPSA) is 23.8 Å². The van der Waals surface area contributed by atoms with Crippen LogP contribution in [0, 0.1) is 30.9 Å². The molecule has 0 aliphatic rings. The summed E-state index contributed by atoms with van der Waals surface area (Å²) >= 11 is 0. The van der Waals surface area contributed by atoms with E-state index in [4.69, 9.17) is 5.26 Å². The predicted molar refractivity (Wildman–Crippen MR) is 85.0 cm³/mol. The monoisotopic (exact) mass is 320 g/mol. The second-order valence-electron chi connectivity index (χ2n) is 5.27. The van der Waals surface area contributed by atoms with Gasteiger partial charge in [0.1, 0.15) is 0 Å². The third-order valence-electron chi connectivity index (χ3n) is 3.88. The Bertz CT molecular complexity index is 690. The zero-order valence-corrected chi connectivity index (χ0v) is 14.1. The van der Waals surface area contributed by atoms with Crippen LogP contribution in [0.4, 0.5) is 0 Å². The fraction of sp³-hybridized carbons (Fsp3) is 0.263. The average Bonchev–Trinajstić information content (AvgIpc) is 2.44. The molecule has 0 heterocycles. The van der Waals surface area contributed by atoms with Crippen molar-refractivity contribution >= 4 is 10.8 Å². The van der Waals surface area contributed by atoms with E-state index in [1.807, 2.05) is 37.3 Å². The van der Waals surface area contributed by atoms with Crippen molar-refractivity contribution in [2.75, 3.05) is 0 Å². The first kappa shape index (κ1) is 19.4. The number of hydrogen-bond donors (Lipinski definition) is 0. The molecule has 2 aromatic carbocycles. The molecule has 1 radical (unpaired) electrons. The van der Waals surface area contributed by atoms with E-state index in [1.54, 1.807) is 0 Å². The Kier molecular flexibility index (Phi) is 6.88. The van der Waals surface area contributed by atoms with E-state index in [1.165, 1.54) is 5.57 Å². The Balaban J connectivity index is 0.00000200. The van der Waals surface area contributed by atoms with Gasteiger partial charge in [-0.05, 0) is 5.41 Å². The molecule has 21 heavy (non-hydrogen) atoms. The number of nitrogens with zero attached hydrogens (tertiary/aromatic N) is 1. The van der Waals surface area contributed by atoms with Crippen molar-refractivity contribution in [1.82, 2.24) is 0 Å². The van der Waals surface area contributed by atoms with Gasteiger partial charge in [0.05, 0.1) is 6.07 Å². The number of benzene rings is 2. The van der Waals surface area contributed by atoms with Crippen molar-refractivity contribution < 1.29 is 16.5 Å². The van der Waals surface area contributed by atoms with Crippen molar-refractivity contribution in [3.63, 3.8) is 0 Å². The molecule has 0 N–H and O–H groups in total. The van der Waals surface area contributed by atoms with Crippen LogP contribution in [0.5, 0.6) is 0 Å². The molecule has 0 amide bonds. The number of rotatable bonds is 2. The molecule has 2 aromatic rings. The van der Waals surface area contributed by atoms with Crippen LogP contribution in [-0.4, -0.2) is 0 Å². The van der Waals surface area contributed by atoms with Crippen LogP contribution in [0.25, 0.3) is 10.8 Å².